The molecule has 5 nitrogen and oxygen atoms in total. The standard InChI is InChI=1S/C28H26Cl2O5/c29-20-7-4-6-18(15-20)5-2-1-3-8-25(31)19-9-11-21(12-10-19)35-27-17-26-23(16-24(27)30)22(28(32)33)13-14-34-26/h4,6-7,9-12,15-17,22H,1-3,5,8,13-14H2,(H,32,33). The molecule has 0 saturated carbocycles. The van der Waals surface area contributed by atoms with Crippen LogP contribution in [0.3, 0.4) is 0 Å². The van der Waals surface area contributed by atoms with E-state index in [2.05, 4.69) is 6.07 Å². The zero-order chi connectivity index (χ0) is 24.8. The first-order valence-corrected chi connectivity index (χ1v) is 12.4. The highest BCUT2D eigenvalue weighted by atomic mass is 35.5. The molecule has 35 heavy (non-hydrogen) atoms. The molecule has 0 aliphatic carbocycles. The normalized spacial score (nSPS) is 14.6. The molecule has 4 rings (SSSR count). The molecule has 1 N–H and O–H groups in total. The molecule has 3 aromatic carbocycles. The first-order chi connectivity index (χ1) is 16.9. The van der Waals surface area contributed by atoms with Crippen molar-refractivity contribution in [2.24, 2.45) is 0 Å². The number of rotatable bonds is 10. The van der Waals surface area contributed by atoms with Gasteiger partial charge in [0.1, 0.15) is 17.2 Å². The average Bonchev–Trinajstić information content (AvgIpc) is 2.84. The topological polar surface area (TPSA) is 72.8 Å². The second-order valence-corrected chi connectivity index (χ2v) is 9.43. The summed E-state index contributed by atoms with van der Waals surface area (Å²) >= 11 is 12.4. The Morgan fingerprint density at radius 2 is 1.80 bits per heavy atom. The number of carbonyl (C=O) groups excluding carboxylic acids is 1. The van der Waals surface area contributed by atoms with E-state index in [9.17, 15) is 14.7 Å². The Kier molecular flexibility index (Phi) is 8.32. The highest BCUT2D eigenvalue weighted by molar-refractivity contribution is 6.32. The van der Waals surface area contributed by atoms with Crippen LogP contribution in [0.2, 0.25) is 10.0 Å². The number of Topliss-reactive ketones (excluding diaryl/α,β-unsaturated/α-hetero) is 1. The number of ether oxygens (including phenoxy) is 2. The summed E-state index contributed by atoms with van der Waals surface area (Å²) in [5.41, 5.74) is 2.40. The van der Waals surface area contributed by atoms with E-state index >= 15 is 0 Å². The molecular weight excluding hydrogens is 487 g/mol. The maximum atomic E-state index is 12.5. The zero-order valence-corrected chi connectivity index (χ0v) is 20.6. The van der Waals surface area contributed by atoms with Crippen LogP contribution < -0.4 is 9.47 Å². The summed E-state index contributed by atoms with van der Waals surface area (Å²) in [7, 11) is 0. The number of aliphatic carboxylic acids is 1. The summed E-state index contributed by atoms with van der Waals surface area (Å²) in [6.45, 7) is 0.322. The minimum Gasteiger partial charge on any atom is -0.493 e. The summed E-state index contributed by atoms with van der Waals surface area (Å²) in [6, 6.07) is 18.0. The number of carboxylic acids is 1. The van der Waals surface area contributed by atoms with Gasteiger partial charge in [0.05, 0.1) is 17.5 Å². The van der Waals surface area contributed by atoms with Gasteiger partial charge in [0.15, 0.2) is 5.78 Å². The molecule has 182 valence electrons. The fourth-order valence-corrected chi connectivity index (χ4v) is 4.61. The molecule has 3 aromatic rings. The molecule has 0 amide bonds. The van der Waals surface area contributed by atoms with Crippen LogP contribution in [0.1, 0.15) is 59.5 Å². The van der Waals surface area contributed by atoms with E-state index in [1.54, 1.807) is 36.4 Å². The van der Waals surface area contributed by atoms with Crippen molar-refractivity contribution in [1.29, 1.82) is 0 Å². The van der Waals surface area contributed by atoms with Gasteiger partial charge < -0.3 is 14.6 Å². The Morgan fingerprint density at radius 3 is 2.54 bits per heavy atom. The number of carbonyl (C=O) groups is 2. The van der Waals surface area contributed by atoms with Crippen LogP contribution in [0.5, 0.6) is 17.2 Å². The number of fused-ring (bicyclic) bond motifs is 1. The Morgan fingerprint density at radius 1 is 1.00 bits per heavy atom. The molecule has 7 heteroatoms. The molecule has 1 atom stereocenters. The molecule has 1 heterocycles. The second kappa shape index (κ2) is 11.6. The molecule has 1 unspecified atom stereocenters. The number of unbranched alkanes of at least 4 members (excludes halogenated alkanes) is 2. The van der Waals surface area contributed by atoms with Gasteiger partial charge in [0.2, 0.25) is 0 Å². The van der Waals surface area contributed by atoms with Crippen molar-refractivity contribution in [2.45, 2.75) is 44.4 Å². The number of aryl methyl sites for hydroxylation is 1. The van der Waals surface area contributed by atoms with E-state index in [-0.39, 0.29) is 5.78 Å². The second-order valence-electron chi connectivity index (χ2n) is 8.59. The lowest BCUT2D eigenvalue weighted by Gasteiger charge is -2.24. The van der Waals surface area contributed by atoms with Gasteiger partial charge in [-0.25, -0.2) is 0 Å². The molecule has 0 aromatic heterocycles. The fourth-order valence-electron chi connectivity index (χ4n) is 4.19. The number of halogens is 2. The number of hydrogen-bond donors (Lipinski definition) is 1. The minimum absolute atomic E-state index is 0.0965. The largest absolute Gasteiger partial charge is 0.493 e. The lowest BCUT2D eigenvalue weighted by molar-refractivity contribution is -0.139. The Hall–Kier alpha value is -3.02. The first-order valence-electron chi connectivity index (χ1n) is 11.7. The molecule has 0 saturated heterocycles. The van der Waals surface area contributed by atoms with E-state index in [0.717, 1.165) is 30.7 Å². The van der Waals surface area contributed by atoms with Crippen LogP contribution in [0.4, 0.5) is 0 Å². The minimum atomic E-state index is -0.902. The molecule has 0 fully saturated rings. The van der Waals surface area contributed by atoms with Gasteiger partial charge >= 0.3 is 5.97 Å². The Labute approximate surface area is 214 Å². The van der Waals surface area contributed by atoms with E-state index < -0.39 is 11.9 Å². The third kappa shape index (κ3) is 6.56. The average molecular weight is 513 g/mol. The van der Waals surface area contributed by atoms with Crippen LogP contribution in [-0.2, 0) is 11.2 Å². The zero-order valence-electron chi connectivity index (χ0n) is 19.1. The van der Waals surface area contributed by atoms with Crippen LogP contribution in [0.15, 0.2) is 60.7 Å². The number of hydrogen-bond acceptors (Lipinski definition) is 4. The van der Waals surface area contributed by atoms with Crippen molar-refractivity contribution >= 4 is 35.0 Å². The first kappa shape index (κ1) is 25.1. The number of carboxylic acid groups (broad SMARTS) is 1. The van der Waals surface area contributed by atoms with Crippen LogP contribution >= 0.6 is 23.2 Å². The Balaban J connectivity index is 1.29. The lowest BCUT2D eigenvalue weighted by Crippen LogP contribution is -2.20. The maximum Gasteiger partial charge on any atom is 0.311 e. The van der Waals surface area contributed by atoms with Crippen molar-refractivity contribution in [1.82, 2.24) is 0 Å². The van der Waals surface area contributed by atoms with Crippen molar-refractivity contribution in [2.75, 3.05) is 6.61 Å². The van der Waals surface area contributed by atoms with Gasteiger partial charge in [-0.1, -0.05) is 41.8 Å². The monoisotopic (exact) mass is 512 g/mol. The Bertz CT molecular complexity index is 1210. The predicted octanol–water partition coefficient (Wildman–Crippen LogP) is 7.72. The van der Waals surface area contributed by atoms with Gasteiger partial charge in [0, 0.05) is 28.6 Å². The fraction of sp³-hybridized carbons (Fsp3) is 0.286. The molecule has 1 aliphatic heterocycles. The highest BCUT2D eigenvalue weighted by Gasteiger charge is 2.29. The van der Waals surface area contributed by atoms with Crippen molar-refractivity contribution in [3.05, 3.63) is 87.4 Å². The third-order valence-corrected chi connectivity index (χ3v) is 6.59. The highest BCUT2D eigenvalue weighted by Crippen LogP contribution is 2.41. The number of benzene rings is 3. The maximum absolute atomic E-state index is 12.5. The van der Waals surface area contributed by atoms with E-state index in [1.807, 2.05) is 18.2 Å². The summed E-state index contributed by atoms with van der Waals surface area (Å²) < 4.78 is 11.5. The molecular formula is C28H26Cl2O5. The predicted molar refractivity (Wildman–Crippen MR) is 136 cm³/mol. The lowest BCUT2D eigenvalue weighted by atomic mass is 9.93. The van der Waals surface area contributed by atoms with Gasteiger partial charge in [-0.3, -0.25) is 9.59 Å². The summed E-state index contributed by atoms with van der Waals surface area (Å²) in [6.07, 6.45) is 4.67. The molecule has 0 radical (unpaired) electrons. The third-order valence-electron chi connectivity index (χ3n) is 6.06. The van der Waals surface area contributed by atoms with E-state index in [1.165, 1.54) is 5.56 Å². The van der Waals surface area contributed by atoms with Gasteiger partial charge in [-0.05, 0) is 73.7 Å². The van der Waals surface area contributed by atoms with Gasteiger partial charge in [-0.2, -0.15) is 0 Å². The van der Waals surface area contributed by atoms with Crippen LogP contribution in [0.25, 0.3) is 0 Å². The summed E-state index contributed by atoms with van der Waals surface area (Å²) in [5, 5.41) is 10.5. The van der Waals surface area contributed by atoms with Crippen LogP contribution in [0, 0.1) is 0 Å². The summed E-state index contributed by atoms with van der Waals surface area (Å²) in [5.74, 6) is -0.0942. The van der Waals surface area contributed by atoms with Gasteiger partial charge in [0.25, 0.3) is 0 Å². The molecule has 0 spiro atoms. The summed E-state index contributed by atoms with van der Waals surface area (Å²) in [4.78, 5) is 24.0. The van der Waals surface area contributed by atoms with Gasteiger partial charge in [-0.15, -0.1) is 0 Å². The quantitative estimate of drug-likeness (QED) is 0.222. The van der Waals surface area contributed by atoms with E-state index in [0.29, 0.717) is 52.8 Å². The molecule has 0 bridgehead atoms. The van der Waals surface area contributed by atoms with Crippen molar-refractivity contribution < 1.29 is 24.2 Å². The SMILES string of the molecule is O=C(CCCCCc1cccc(Cl)c1)c1ccc(Oc2cc3c(cc2Cl)C(C(=O)O)CCO3)cc1. The molecule has 1 aliphatic rings. The number of ketones is 1. The van der Waals surface area contributed by atoms with Crippen molar-refractivity contribution in [3.8, 4) is 17.2 Å². The van der Waals surface area contributed by atoms with E-state index in [4.69, 9.17) is 32.7 Å². The van der Waals surface area contributed by atoms with Crippen LogP contribution in [-0.4, -0.2) is 23.5 Å². The smallest absolute Gasteiger partial charge is 0.311 e. The van der Waals surface area contributed by atoms with Crippen molar-refractivity contribution in [3.63, 3.8) is 0 Å².